The lowest BCUT2D eigenvalue weighted by Crippen LogP contribution is -2.18. The van der Waals surface area contributed by atoms with Gasteiger partial charge < -0.3 is 4.84 Å². The number of benzene rings is 1. The molecule has 108 valence electrons. The van der Waals surface area contributed by atoms with Gasteiger partial charge in [-0.2, -0.15) is 10.6 Å². The van der Waals surface area contributed by atoms with E-state index in [1.165, 1.54) is 5.56 Å². The van der Waals surface area contributed by atoms with Crippen molar-refractivity contribution in [2.24, 2.45) is 5.92 Å². The first kappa shape index (κ1) is 14.8. The van der Waals surface area contributed by atoms with Crippen LogP contribution >= 0.6 is 0 Å². The van der Waals surface area contributed by atoms with Crippen molar-refractivity contribution in [3.05, 3.63) is 47.3 Å². The van der Waals surface area contributed by atoms with Gasteiger partial charge in [0.05, 0.1) is 18.0 Å². The number of hydrogen-bond donors (Lipinski definition) is 1. The predicted molar refractivity (Wildman–Crippen MR) is 80.7 cm³/mol. The van der Waals surface area contributed by atoms with Crippen LogP contribution in [-0.2, 0) is 11.4 Å². The van der Waals surface area contributed by atoms with E-state index in [4.69, 9.17) is 4.84 Å². The van der Waals surface area contributed by atoms with Crippen LogP contribution in [0.1, 0.15) is 30.8 Å². The normalized spacial score (nSPS) is 11.2. The SMILES string of the molecule is Cc1nn(-c2ccccc2)c(C)c1CNOCC(C)C. The highest BCUT2D eigenvalue weighted by atomic mass is 16.6. The number of nitrogens with zero attached hydrogens (tertiary/aromatic N) is 2. The highest BCUT2D eigenvalue weighted by Gasteiger charge is 2.12. The van der Waals surface area contributed by atoms with Crippen LogP contribution in [-0.4, -0.2) is 16.4 Å². The third-order valence-electron chi connectivity index (χ3n) is 3.21. The van der Waals surface area contributed by atoms with Gasteiger partial charge in [0.25, 0.3) is 0 Å². The first-order valence-electron chi connectivity index (χ1n) is 7.04. The fraction of sp³-hybridized carbons (Fsp3) is 0.438. The van der Waals surface area contributed by atoms with Crippen LogP contribution in [0.2, 0.25) is 0 Å². The summed E-state index contributed by atoms with van der Waals surface area (Å²) in [5, 5.41) is 4.62. The van der Waals surface area contributed by atoms with E-state index in [1.807, 2.05) is 29.8 Å². The molecule has 2 aromatic rings. The van der Waals surface area contributed by atoms with Crippen LogP contribution < -0.4 is 5.48 Å². The number of hydroxylamine groups is 1. The van der Waals surface area contributed by atoms with Crippen LogP contribution in [0.3, 0.4) is 0 Å². The Morgan fingerprint density at radius 2 is 1.90 bits per heavy atom. The second-order valence-electron chi connectivity index (χ2n) is 5.42. The number of aryl methyl sites for hydroxylation is 1. The molecule has 4 heteroatoms. The largest absolute Gasteiger partial charge is 0.301 e. The highest BCUT2D eigenvalue weighted by molar-refractivity contribution is 5.36. The molecule has 1 N–H and O–H groups in total. The molecule has 0 fully saturated rings. The molecule has 0 unspecified atom stereocenters. The van der Waals surface area contributed by atoms with Crippen molar-refractivity contribution in [2.75, 3.05) is 6.61 Å². The number of nitrogens with one attached hydrogen (secondary N) is 1. The van der Waals surface area contributed by atoms with Gasteiger partial charge in [-0.25, -0.2) is 4.68 Å². The lowest BCUT2D eigenvalue weighted by molar-refractivity contribution is 0.0194. The Balaban J connectivity index is 2.09. The molecule has 0 amide bonds. The average molecular weight is 273 g/mol. The van der Waals surface area contributed by atoms with Crippen molar-refractivity contribution >= 4 is 0 Å². The van der Waals surface area contributed by atoms with E-state index in [1.54, 1.807) is 0 Å². The molecule has 0 spiro atoms. The molecule has 0 saturated carbocycles. The Bertz CT molecular complexity index is 546. The van der Waals surface area contributed by atoms with Gasteiger partial charge >= 0.3 is 0 Å². The minimum Gasteiger partial charge on any atom is -0.301 e. The van der Waals surface area contributed by atoms with E-state index in [9.17, 15) is 0 Å². The van der Waals surface area contributed by atoms with Gasteiger partial charge in [-0.1, -0.05) is 32.0 Å². The van der Waals surface area contributed by atoms with Gasteiger partial charge in [0.1, 0.15) is 0 Å². The van der Waals surface area contributed by atoms with Crippen molar-refractivity contribution in [3.63, 3.8) is 0 Å². The molecular weight excluding hydrogens is 250 g/mol. The monoisotopic (exact) mass is 273 g/mol. The molecular formula is C16H23N3O. The lowest BCUT2D eigenvalue weighted by atomic mass is 10.2. The van der Waals surface area contributed by atoms with Crippen LogP contribution in [0.15, 0.2) is 30.3 Å². The second-order valence-corrected chi connectivity index (χ2v) is 5.42. The minimum absolute atomic E-state index is 0.525. The Hall–Kier alpha value is -1.65. The molecule has 20 heavy (non-hydrogen) atoms. The van der Waals surface area contributed by atoms with E-state index >= 15 is 0 Å². The average Bonchev–Trinajstić information content (AvgIpc) is 2.71. The molecule has 0 aliphatic heterocycles. The van der Waals surface area contributed by atoms with Gasteiger partial charge in [0.2, 0.25) is 0 Å². The summed E-state index contributed by atoms with van der Waals surface area (Å²) in [7, 11) is 0. The van der Waals surface area contributed by atoms with E-state index in [-0.39, 0.29) is 0 Å². The summed E-state index contributed by atoms with van der Waals surface area (Å²) in [5.41, 5.74) is 7.49. The van der Waals surface area contributed by atoms with Crippen LogP contribution in [0.5, 0.6) is 0 Å². The summed E-state index contributed by atoms with van der Waals surface area (Å²) in [4.78, 5) is 5.44. The summed E-state index contributed by atoms with van der Waals surface area (Å²) in [6.45, 7) is 9.78. The Morgan fingerprint density at radius 3 is 2.55 bits per heavy atom. The molecule has 1 heterocycles. The first-order valence-corrected chi connectivity index (χ1v) is 7.04. The van der Waals surface area contributed by atoms with E-state index in [0.717, 1.165) is 17.1 Å². The smallest absolute Gasteiger partial charge is 0.0705 e. The van der Waals surface area contributed by atoms with Crippen LogP contribution in [0.25, 0.3) is 5.69 Å². The number of aromatic nitrogens is 2. The number of para-hydroxylation sites is 1. The zero-order chi connectivity index (χ0) is 14.5. The van der Waals surface area contributed by atoms with Gasteiger partial charge in [0, 0.05) is 17.8 Å². The Morgan fingerprint density at radius 1 is 1.20 bits per heavy atom. The lowest BCUT2D eigenvalue weighted by Gasteiger charge is -2.08. The summed E-state index contributed by atoms with van der Waals surface area (Å²) < 4.78 is 1.98. The molecule has 0 aliphatic rings. The quantitative estimate of drug-likeness (QED) is 0.649. The molecule has 4 nitrogen and oxygen atoms in total. The van der Waals surface area contributed by atoms with Crippen molar-refractivity contribution in [3.8, 4) is 5.69 Å². The molecule has 0 atom stereocenters. The zero-order valence-corrected chi connectivity index (χ0v) is 12.7. The van der Waals surface area contributed by atoms with Crippen molar-refractivity contribution < 1.29 is 4.84 Å². The van der Waals surface area contributed by atoms with Crippen molar-refractivity contribution in [1.82, 2.24) is 15.3 Å². The molecule has 1 aromatic carbocycles. The third kappa shape index (κ3) is 3.46. The van der Waals surface area contributed by atoms with Crippen LogP contribution in [0.4, 0.5) is 0 Å². The van der Waals surface area contributed by atoms with Gasteiger partial charge in [-0.05, 0) is 31.9 Å². The van der Waals surface area contributed by atoms with Crippen molar-refractivity contribution in [1.29, 1.82) is 0 Å². The summed E-state index contributed by atoms with van der Waals surface area (Å²) >= 11 is 0. The van der Waals surface area contributed by atoms with E-state index in [2.05, 4.69) is 43.5 Å². The summed E-state index contributed by atoms with van der Waals surface area (Å²) in [5.74, 6) is 0.525. The van der Waals surface area contributed by atoms with E-state index in [0.29, 0.717) is 19.1 Å². The maximum absolute atomic E-state index is 5.44. The topological polar surface area (TPSA) is 39.1 Å². The maximum atomic E-state index is 5.44. The third-order valence-corrected chi connectivity index (χ3v) is 3.21. The summed E-state index contributed by atoms with van der Waals surface area (Å²) in [6, 6.07) is 10.2. The fourth-order valence-electron chi connectivity index (χ4n) is 2.10. The zero-order valence-electron chi connectivity index (χ0n) is 12.7. The number of rotatable bonds is 6. The molecule has 0 aliphatic carbocycles. The Kier molecular flexibility index (Phi) is 4.93. The minimum atomic E-state index is 0.525. The predicted octanol–water partition coefficient (Wildman–Crippen LogP) is 3.17. The first-order chi connectivity index (χ1) is 9.59. The molecule has 1 aromatic heterocycles. The second kappa shape index (κ2) is 6.68. The molecule has 0 saturated heterocycles. The molecule has 0 radical (unpaired) electrons. The van der Waals surface area contributed by atoms with Crippen molar-refractivity contribution in [2.45, 2.75) is 34.2 Å². The maximum Gasteiger partial charge on any atom is 0.0705 e. The highest BCUT2D eigenvalue weighted by Crippen LogP contribution is 2.17. The van der Waals surface area contributed by atoms with E-state index < -0.39 is 0 Å². The Labute approximate surface area is 120 Å². The van der Waals surface area contributed by atoms with Gasteiger partial charge in [-0.3, -0.25) is 0 Å². The number of hydrogen-bond acceptors (Lipinski definition) is 3. The van der Waals surface area contributed by atoms with Gasteiger partial charge in [0.15, 0.2) is 0 Å². The molecule has 2 rings (SSSR count). The summed E-state index contributed by atoms with van der Waals surface area (Å²) in [6.07, 6.45) is 0. The van der Waals surface area contributed by atoms with Crippen LogP contribution in [0, 0.1) is 19.8 Å². The standard InChI is InChI=1S/C16H23N3O/c1-12(2)11-20-17-10-16-13(3)18-19(14(16)4)15-8-6-5-7-9-15/h5-9,12,17H,10-11H2,1-4H3. The molecule has 0 bridgehead atoms. The fourth-order valence-corrected chi connectivity index (χ4v) is 2.10. The van der Waals surface area contributed by atoms with Gasteiger partial charge in [-0.15, -0.1) is 0 Å².